The van der Waals surface area contributed by atoms with Crippen molar-refractivity contribution in [1.29, 1.82) is 0 Å². The number of para-hydroxylation sites is 5. The normalized spacial score (nSPS) is 12.0. The maximum absolute atomic E-state index is 6.47. The highest BCUT2D eigenvalue weighted by molar-refractivity contribution is 6.12. The molecule has 3 heterocycles. The summed E-state index contributed by atoms with van der Waals surface area (Å²) in [5.74, 6) is 0. The van der Waals surface area contributed by atoms with E-state index in [1.807, 2.05) is 6.07 Å². The van der Waals surface area contributed by atoms with Gasteiger partial charge in [-0.25, -0.2) is 0 Å². The van der Waals surface area contributed by atoms with Crippen LogP contribution in [0.2, 0.25) is 0 Å². The van der Waals surface area contributed by atoms with Crippen LogP contribution < -0.4 is 0 Å². The van der Waals surface area contributed by atoms with E-state index in [1.165, 1.54) is 43.6 Å². The molecule has 0 amide bonds. The van der Waals surface area contributed by atoms with E-state index in [1.54, 1.807) is 0 Å². The molecule has 0 aliphatic carbocycles. The average molecular weight is 575 g/mol. The lowest BCUT2D eigenvalue weighted by Crippen LogP contribution is -1.99. The monoisotopic (exact) mass is 574 g/mol. The highest BCUT2D eigenvalue weighted by Gasteiger charge is 2.20. The molecule has 0 spiro atoms. The van der Waals surface area contributed by atoms with E-state index in [0.29, 0.717) is 0 Å². The molecule has 10 aromatic rings. The fraction of sp³-hybridized carbons (Fsp3) is 0. The molecule has 3 nitrogen and oxygen atoms in total. The molecular weight excluding hydrogens is 548 g/mol. The minimum atomic E-state index is 0.885. The molecule has 0 bridgehead atoms. The molecule has 0 saturated carbocycles. The highest BCUT2D eigenvalue weighted by Crippen LogP contribution is 2.41. The average Bonchev–Trinajstić information content (AvgIpc) is 3.75. The summed E-state index contributed by atoms with van der Waals surface area (Å²) in [6.07, 6.45) is 0. The van der Waals surface area contributed by atoms with Crippen LogP contribution in [0.25, 0.3) is 88.1 Å². The van der Waals surface area contributed by atoms with Crippen molar-refractivity contribution in [3.8, 4) is 22.5 Å². The van der Waals surface area contributed by atoms with Crippen LogP contribution in [0.5, 0.6) is 0 Å². The third kappa shape index (κ3) is 3.46. The molecule has 0 saturated heterocycles. The van der Waals surface area contributed by atoms with Gasteiger partial charge >= 0.3 is 0 Å². The molecule has 0 aliphatic heterocycles. The van der Waals surface area contributed by atoms with Gasteiger partial charge in [0.25, 0.3) is 0 Å². The number of rotatable bonds is 3. The van der Waals surface area contributed by atoms with Crippen LogP contribution in [0.3, 0.4) is 0 Å². The van der Waals surface area contributed by atoms with Crippen molar-refractivity contribution in [3.63, 3.8) is 0 Å². The Labute approximate surface area is 258 Å². The number of hydrogen-bond donors (Lipinski definition) is 0. The Bertz CT molecular complexity index is 2670. The van der Waals surface area contributed by atoms with Crippen LogP contribution in [0.4, 0.5) is 0 Å². The van der Waals surface area contributed by atoms with E-state index in [2.05, 4.69) is 161 Å². The Balaban J connectivity index is 1.31. The second-order valence-electron chi connectivity index (χ2n) is 11.8. The van der Waals surface area contributed by atoms with Gasteiger partial charge in [0.05, 0.1) is 27.8 Å². The minimum absolute atomic E-state index is 0.885. The first-order valence-electron chi connectivity index (χ1n) is 15.4. The first kappa shape index (κ1) is 24.4. The molecule has 45 heavy (non-hydrogen) atoms. The van der Waals surface area contributed by atoms with Gasteiger partial charge in [-0.3, -0.25) is 0 Å². The Hall–Kier alpha value is -6.06. The Morgan fingerprint density at radius 3 is 1.47 bits per heavy atom. The summed E-state index contributed by atoms with van der Waals surface area (Å²) in [7, 11) is 0. The molecule has 3 aromatic heterocycles. The quantitative estimate of drug-likeness (QED) is 0.206. The Kier molecular flexibility index (Phi) is 5.00. The zero-order chi connectivity index (χ0) is 29.5. The predicted molar refractivity (Wildman–Crippen MR) is 188 cm³/mol. The third-order valence-corrected chi connectivity index (χ3v) is 9.31. The molecule has 0 radical (unpaired) electrons. The molecule has 0 fully saturated rings. The van der Waals surface area contributed by atoms with Gasteiger partial charge in [0.15, 0.2) is 0 Å². The van der Waals surface area contributed by atoms with Crippen LogP contribution in [0.1, 0.15) is 0 Å². The number of fused-ring (bicyclic) bond motifs is 9. The number of furan rings is 1. The van der Waals surface area contributed by atoms with E-state index in [4.69, 9.17) is 4.42 Å². The van der Waals surface area contributed by atoms with Crippen LogP contribution in [-0.4, -0.2) is 9.13 Å². The zero-order valence-corrected chi connectivity index (χ0v) is 24.3. The van der Waals surface area contributed by atoms with Gasteiger partial charge in [-0.05, 0) is 54.1 Å². The summed E-state index contributed by atoms with van der Waals surface area (Å²) in [5, 5.41) is 7.24. The lowest BCUT2D eigenvalue weighted by atomic mass is 9.99. The van der Waals surface area contributed by atoms with Crippen molar-refractivity contribution in [2.45, 2.75) is 0 Å². The number of nitrogens with zero attached hydrogens (tertiary/aromatic N) is 2. The van der Waals surface area contributed by atoms with Gasteiger partial charge in [-0.15, -0.1) is 0 Å². The van der Waals surface area contributed by atoms with E-state index < -0.39 is 0 Å². The molecule has 10 rings (SSSR count). The van der Waals surface area contributed by atoms with E-state index in [0.717, 1.165) is 44.4 Å². The minimum Gasteiger partial charge on any atom is -0.456 e. The smallest absolute Gasteiger partial charge is 0.137 e. The predicted octanol–water partition coefficient (Wildman–Crippen LogP) is 11.4. The molecule has 0 unspecified atom stereocenters. The van der Waals surface area contributed by atoms with E-state index >= 15 is 0 Å². The molecule has 7 aromatic carbocycles. The Morgan fingerprint density at radius 1 is 0.356 bits per heavy atom. The summed E-state index contributed by atoms with van der Waals surface area (Å²) >= 11 is 0. The van der Waals surface area contributed by atoms with Gasteiger partial charge in [-0.1, -0.05) is 103 Å². The highest BCUT2D eigenvalue weighted by atomic mass is 16.3. The summed E-state index contributed by atoms with van der Waals surface area (Å²) in [6, 6.07) is 56.6. The van der Waals surface area contributed by atoms with Crippen LogP contribution >= 0.6 is 0 Å². The van der Waals surface area contributed by atoms with Gasteiger partial charge < -0.3 is 13.6 Å². The van der Waals surface area contributed by atoms with Crippen molar-refractivity contribution in [1.82, 2.24) is 9.13 Å². The zero-order valence-electron chi connectivity index (χ0n) is 24.3. The number of aromatic nitrogens is 2. The van der Waals surface area contributed by atoms with Gasteiger partial charge in [0.1, 0.15) is 11.2 Å². The number of hydrogen-bond acceptors (Lipinski definition) is 1. The lowest BCUT2D eigenvalue weighted by molar-refractivity contribution is 0.668. The van der Waals surface area contributed by atoms with Crippen molar-refractivity contribution in [3.05, 3.63) is 158 Å². The fourth-order valence-corrected chi connectivity index (χ4v) is 7.37. The van der Waals surface area contributed by atoms with Crippen molar-refractivity contribution >= 4 is 65.6 Å². The number of benzene rings is 7. The van der Waals surface area contributed by atoms with E-state index in [-0.39, 0.29) is 0 Å². The second-order valence-corrected chi connectivity index (χ2v) is 11.8. The van der Waals surface area contributed by atoms with E-state index in [9.17, 15) is 0 Å². The van der Waals surface area contributed by atoms with Crippen LogP contribution in [-0.2, 0) is 0 Å². The SMILES string of the molecule is c1cc(-c2cc3c(cc2-n2c4ccccc4c4ccccc42)oc2ccccc23)cc(-n2c3ccccc3c3ccccc32)c1. The maximum Gasteiger partial charge on any atom is 0.137 e. The third-order valence-electron chi connectivity index (χ3n) is 9.31. The maximum atomic E-state index is 6.47. The molecular formula is C42H26N2O. The van der Waals surface area contributed by atoms with Crippen molar-refractivity contribution in [2.75, 3.05) is 0 Å². The molecule has 210 valence electrons. The van der Waals surface area contributed by atoms with Crippen molar-refractivity contribution < 1.29 is 4.42 Å². The summed E-state index contributed by atoms with van der Waals surface area (Å²) < 4.78 is 11.3. The van der Waals surface area contributed by atoms with Gasteiger partial charge in [0.2, 0.25) is 0 Å². The summed E-state index contributed by atoms with van der Waals surface area (Å²) in [5.41, 5.74) is 11.1. The topological polar surface area (TPSA) is 23.0 Å². The molecule has 0 aliphatic rings. The standard InChI is InChI=1S/C42H26N2O/c1-6-19-36-29(14-1)30-15-2-7-20-37(30)43(36)28-13-11-12-27(24-28)34-25-35-33-18-5-10-23-41(33)45-42(35)26-40(34)44-38-21-8-3-16-31(38)32-17-4-9-22-39(32)44/h1-26H. The largest absolute Gasteiger partial charge is 0.456 e. The van der Waals surface area contributed by atoms with Crippen LogP contribution in [0, 0.1) is 0 Å². The fourth-order valence-electron chi connectivity index (χ4n) is 7.37. The molecule has 0 atom stereocenters. The summed E-state index contributed by atoms with van der Waals surface area (Å²) in [6.45, 7) is 0. The molecule has 0 N–H and O–H groups in total. The lowest BCUT2D eigenvalue weighted by Gasteiger charge is -2.16. The first-order chi connectivity index (χ1) is 22.3. The molecule has 3 heteroatoms. The van der Waals surface area contributed by atoms with Gasteiger partial charge in [0, 0.05) is 49.6 Å². The summed E-state index contributed by atoms with van der Waals surface area (Å²) in [4.78, 5) is 0. The van der Waals surface area contributed by atoms with Crippen LogP contribution in [0.15, 0.2) is 162 Å². The first-order valence-corrected chi connectivity index (χ1v) is 15.4. The Morgan fingerprint density at radius 2 is 0.867 bits per heavy atom. The van der Waals surface area contributed by atoms with Crippen molar-refractivity contribution in [2.24, 2.45) is 0 Å². The van der Waals surface area contributed by atoms with Gasteiger partial charge in [-0.2, -0.15) is 0 Å². The second kappa shape index (κ2) is 9.22.